The third kappa shape index (κ3) is 1.99. The van der Waals surface area contributed by atoms with Crippen molar-refractivity contribution in [1.29, 1.82) is 0 Å². The largest absolute Gasteiger partial charge is 0.496 e. The first-order chi connectivity index (χ1) is 9.69. The van der Waals surface area contributed by atoms with Crippen molar-refractivity contribution in [3.8, 4) is 28.6 Å². The molecule has 20 heavy (non-hydrogen) atoms. The fourth-order valence-electron chi connectivity index (χ4n) is 1.93. The van der Waals surface area contributed by atoms with E-state index in [4.69, 9.17) is 15.0 Å². The van der Waals surface area contributed by atoms with Gasteiger partial charge in [0, 0.05) is 5.56 Å². The van der Waals surface area contributed by atoms with Crippen molar-refractivity contribution in [2.45, 2.75) is 6.92 Å². The Balaban J connectivity index is 1.98. The summed E-state index contributed by atoms with van der Waals surface area (Å²) < 4.78 is 10.4. The van der Waals surface area contributed by atoms with Gasteiger partial charge in [0.2, 0.25) is 5.82 Å². The first-order valence-corrected chi connectivity index (χ1v) is 5.97. The van der Waals surface area contributed by atoms with Gasteiger partial charge in [-0.1, -0.05) is 5.16 Å². The average Bonchev–Trinajstić information content (AvgIpc) is 3.07. The Bertz CT molecular complexity index is 747. The fourth-order valence-corrected chi connectivity index (χ4v) is 1.93. The number of methoxy groups -OCH3 is 1. The zero-order valence-electron chi connectivity index (χ0n) is 11.0. The molecule has 0 aliphatic carbocycles. The molecule has 0 saturated heterocycles. The van der Waals surface area contributed by atoms with Crippen LogP contribution in [0.25, 0.3) is 22.8 Å². The van der Waals surface area contributed by atoms with E-state index in [0.717, 1.165) is 16.9 Å². The molecule has 3 N–H and O–H groups in total. The maximum atomic E-state index is 5.72. The number of nitrogens with zero attached hydrogens (tertiary/aromatic N) is 3. The predicted octanol–water partition coefficient (Wildman–Crippen LogP) is 2.03. The number of nitrogens with one attached hydrogen (secondary N) is 1. The van der Waals surface area contributed by atoms with Gasteiger partial charge in [0.05, 0.1) is 13.3 Å². The molecule has 2 aromatic heterocycles. The highest BCUT2D eigenvalue weighted by Crippen LogP contribution is 2.27. The highest BCUT2D eigenvalue weighted by atomic mass is 16.5. The van der Waals surface area contributed by atoms with Gasteiger partial charge in [-0.05, 0) is 30.7 Å². The zero-order chi connectivity index (χ0) is 14.1. The van der Waals surface area contributed by atoms with Gasteiger partial charge in [-0.3, -0.25) is 5.10 Å². The topological polar surface area (TPSA) is 103 Å². The number of benzene rings is 1. The summed E-state index contributed by atoms with van der Waals surface area (Å²) in [6.07, 6.45) is 1.55. The molecule has 0 bridgehead atoms. The molecule has 0 saturated carbocycles. The summed E-state index contributed by atoms with van der Waals surface area (Å²) in [5.74, 6) is 2.04. The normalized spacial score (nSPS) is 10.7. The zero-order valence-corrected chi connectivity index (χ0v) is 11.0. The molecule has 0 unspecified atom stereocenters. The number of H-pyrrole nitrogens is 1. The van der Waals surface area contributed by atoms with Gasteiger partial charge in [0.15, 0.2) is 0 Å². The van der Waals surface area contributed by atoms with Crippen molar-refractivity contribution in [2.75, 3.05) is 12.8 Å². The fraction of sp³-hybridized carbons (Fsp3) is 0.154. The van der Waals surface area contributed by atoms with Gasteiger partial charge in [-0.2, -0.15) is 10.1 Å². The number of aromatic amines is 1. The van der Waals surface area contributed by atoms with Crippen molar-refractivity contribution >= 4 is 5.82 Å². The first kappa shape index (κ1) is 12.2. The van der Waals surface area contributed by atoms with E-state index in [1.54, 1.807) is 13.3 Å². The summed E-state index contributed by atoms with van der Waals surface area (Å²) in [7, 11) is 1.64. The number of nitrogens with two attached hydrogens (primary N) is 1. The number of hydrogen-bond acceptors (Lipinski definition) is 6. The van der Waals surface area contributed by atoms with Crippen LogP contribution >= 0.6 is 0 Å². The number of anilines is 1. The molecule has 0 aliphatic rings. The molecule has 102 valence electrons. The summed E-state index contributed by atoms with van der Waals surface area (Å²) in [5, 5.41) is 10.4. The van der Waals surface area contributed by atoms with Crippen LogP contribution in [0.5, 0.6) is 5.75 Å². The van der Waals surface area contributed by atoms with Crippen molar-refractivity contribution in [3.05, 3.63) is 30.0 Å². The second-order valence-electron chi connectivity index (χ2n) is 4.30. The lowest BCUT2D eigenvalue weighted by atomic mass is 10.1. The molecular formula is C13H13N5O2. The monoisotopic (exact) mass is 271 g/mol. The van der Waals surface area contributed by atoms with Gasteiger partial charge >= 0.3 is 0 Å². The molecule has 0 amide bonds. The average molecular weight is 271 g/mol. The van der Waals surface area contributed by atoms with Crippen LogP contribution in [0.1, 0.15) is 5.56 Å². The highest BCUT2D eigenvalue weighted by molar-refractivity contribution is 5.68. The Morgan fingerprint density at radius 3 is 2.85 bits per heavy atom. The van der Waals surface area contributed by atoms with Crippen LogP contribution in [-0.2, 0) is 0 Å². The first-order valence-electron chi connectivity index (χ1n) is 5.97. The second kappa shape index (κ2) is 4.69. The van der Waals surface area contributed by atoms with Gasteiger partial charge in [-0.25, -0.2) is 0 Å². The molecule has 7 nitrogen and oxygen atoms in total. The van der Waals surface area contributed by atoms with Crippen LogP contribution in [0, 0.1) is 6.92 Å². The van der Waals surface area contributed by atoms with E-state index in [1.807, 2.05) is 25.1 Å². The number of nitrogen functional groups attached to an aromatic ring is 1. The van der Waals surface area contributed by atoms with Crippen LogP contribution in [0.4, 0.5) is 5.82 Å². The van der Waals surface area contributed by atoms with Crippen LogP contribution in [-0.4, -0.2) is 27.4 Å². The van der Waals surface area contributed by atoms with Crippen molar-refractivity contribution in [1.82, 2.24) is 20.3 Å². The quantitative estimate of drug-likeness (QED) is 0.755. The minimum absolute atomic E-state index is 0.333. The Kier molecular flexibility index (Phi) is 2.86. The molecule has 3 aromatic rings. The molecule has 0 atom stereocenters. The van der Waals surface area contributed by atoms with E-state index in [1.165, 1.54) is 0 Å². The Labute approximate surface area is 114 Å². The smallest absolute Gasteiger partial charge is 0.263 e. The number of aryl methyl sites for hydroxylation is 1. The lowest BCUT2D eigenvalue weighted by Crippen LogP contribution is -1.89. The number of aromatic nitrogens is 4. The van der Waals surface area contributed by atoms with Crippen molar-refractivity contribution in [2.24, 2.45) is 0 Å². The summed E-state index contributed by atoms with van der Waals surface area (Å²) in [6.45, 7) is 1.96. The van der Waals surface area contributed by atoms with E-state index in [-0.39, 0.29) is 0 Å². The van der Waals surface area contributed by atoms with Crippen molar-refractivity contribution < 1.29 is 9.26 Å². The third-order valence-corrected chi connectivity index (χ3v) is 2.98. The third-order valence-electron chi connectivity index (χ3n) is 2.98. The second-order valence-corrected chi connectivity index (χ2v) is 4.30. The minimum atomic E-state index is 0.333. The lowest BCUT2D eigenvalue weighted by Gasteiger charge is -2.04. The maximum Gasteiger partial charge on any atom is 0.263 e. The SMILES string of the molecule is COc1ccc(-c2noc(-c3cn[nH]c3N)n2)cc1C. The molecule has 1 aromatic carbocycles. The molecule has 0 spiro atoms. The van der Waals surface area contributed by atoms with Gasteiger partial charge in [-0.15, -0.1) is 0 Å². The summed E-state index contributed by atoms with van der Waals surface area (Å²) >= 11 is 0. The Morgan fingerprint density at radius 2 is 2.20 bits per heavy atom. The molecule has 7 heteroatoms. The van der Waals surface area contributed by atoms with Crippen LogP contribution in [0.3, 0.4) is 0 Å². The van der Waals surface area contributed by atoms with E-state index < -0.39 is 0 Å². The number of ether oxygens (including phenoxy) is 1. The summed E-state index contributed by atoms with van der Waals surface area (Å²) in [6, 6.07) is 5.68. The lowest BCUT2D eigenvalue weighted by molar-refractivity contribution is 0.411. The Morgan fingerprint density at radius 1 is 1.35 bits per heavy atom. The predicted molar refractivity (Wildman–Crippen MR) is 73.0 cm³/mol. The number of hydrogen-bond donors (Lipinski definition) is 2. The molecule has 0 aliphatic heterocycles. The molecular weight excluding hydrogens is 258 g/mol. The van der Waals surface area contributed by atoms with Gasteiger partial charge in [0.1, 0.15) is 17.1 Å². The Hall–Kier alpha value is -2.83. The maximum absolute atomic E-state index is 5.72. The molecule has 0 fully saturated rings. The minimum Gasteiger partial charge on any atom is -0.496 e. The summed E-state index contributed by atoms with van der Waals surface area (Å²) in [5.41, 5.74) is 8.16. The van der Waals surface area contributed by atoms with Crippen molar-refractivity contribution in [3.63, 3.8) is 0 Å². The molecule has 0 radical (unpaired) electrons. The van der Waals surface area contributed by atoms with E-state index >= 15 is 0 Å². The summed E-state index contributed by atoms with van der Waals surface area (Å²) in [4.78, 5) is 4.32. The van der Waals surface area contributed by atoms with Crippen LogP contribution < -0.4 is 10.5 Å². The molecule has 3 rings (SSSR count). The highest BCUT2D eigenvalue weighted by Gasteiger charge is 2.15. The standard InChI is InChI=1S/C13H13N5O2/c1-7-5-8(3-4-10(7)19-2)12-16-13(20-18-12)9-6-15-17-11(9)14/h3-6H,1-2H3,(H3,14,15,17). The van der Waals surface area contributed by atoms with E-state index in [9.17, 15) is 0 Å². The number of rotatable bonds is 3. The van der Waals surface area contributed by atoms with E-state index in [0.29, 0.717) is 23.1 Å². The van der Waals surface area contributed by atoms with E-state index in [2.05, 4.69) is 20.3 Å². The van der Waals surface area contributed by atoms with Gasteiger partial charge < -0.3 is 15.0 Å². The van der Waals surface area contributed by atoms with Crippen LogP contribution in [0.15, 0.2) is 28.9 Å². The van der Waals surface area contributed by atoms with Gasteiger partial charge in [0.25, 0.3) is 5.89 Å². The molecule has 2 heterocycles. The van der Waals surface area contributed by atoms with Crippen LogP contribution in [0.2, 0.25) is 0 Å².